The third-order valence-electron chi connectivity index (χ3n) is 11.1. The number of hydrogen-bond acceptors (Lipinski definition) is 5. The van der Waals surface area contributed by atoms with E-state index in [1.807, 2.05) is 0 Å². The lowest BCUT2D eigenvalue weighted by molar-refractivity contribution is -0.124. The highest BCUT2D eigenvalue weighted by Gasteiger charge is 2.66. The number of carbonyl (C=O) groups is 1. The van der Waals surface area contributed by atoms with E-state index in [4.69, 9.17) is 5.73 Å². The predicted octanol–water partition coefficient (Wildman–Crippen LogP) is 3.32. The molecule has 1 aliphatic heterocycles. The van der Waals surface area contributed by atoms with Gasteiger partial charge < -0.3 is 16.0 Å². The van der Waals surface area contributed by atoms with Crippen molar-refractivity contribution < 1.29 is 13.2 Å². The number of carbonyl (C=O) groups excluding carboxylic acids is 1. The van der Waals surface area contributed by atoms with Gasteiger partial charge in [-0.25, -0.2) is 17.7 Å². The van der Waals surface area contributed by atoms with Gasteiger partial charge in [0.05, 0.1) is 18.1 Å². The van der Waals surface area contributed by atoms with Gasteiger partial charge in [0.2, 0.25) is 15.9 Å². The number of benzene rings is 1. The number of hydrogen-bond donors (Lipinski definition) is 3. The standard InChI is InChI=1S/C29H41N5O3S.ClH/c1-27(2)21-8-10-29(27,25(15-21)33-26(35)24(30)16-22-17-31-19-32-22)18-38(36,37)34-13-11-28(12-14-34)9-7-20-5-3-4-6-23(20)28;/h3-6,17,19,21,24-25H,7-16,18,30H2,1-2H3,(H,31,32)(H,33,35);1H/t21?,24-,25?,29+;/m0./s1. The molecule has 1 saturated heterocycles. The topological polar surface area (TPSA) is 121 Å². The molecule has 2 aromatic rings. The van der Waals surface area contributed by atoms with Crippen LogP contribution >= 0.6 is 12.4 Å². The maximum Gasteiger partial charge on any atom is 0.237 e. The first-order valence-corrected chi connectivity index (χ1v) is 15.8. The van der Waals surface area contributed by atoms with Gasteiger partial charge in [0.25, 0.3) is 0 Å². The number of piperidine rings is 1. The molecule has 2 bridgehead atoms. The number of rotatable bonds is 7. The number of sulfonamides is 1. The molecule has 2 unspecified atom stereocenters. The summed E-state index contributed by atoms with van der Waals surface area (Å²) in [6.45, 7) is 5.56. The Morgan fingerprint density at radius 3 is 2.64 bits per heavy atom. The molecule has 6 rings (SSSR count). The van der Waals surface area contributed by atoms with Crippen molar-refractivity contribution in [2.75, 3.05) is 18.8 Å². The molecule has 4 aliphatic rings. The number of nitrogens with one attached hydrogen (secondary N) is 2. The zero-order valence-corrected chi connectivity index (χ0v) is 24.6. The molecule has 3 aliphatic carbocycles. The van der Waals surface area contributed by atoms with Crippen LogP contribution in [0.5, 0.6) is 0 Å². The molecule has 39 heavy (non-hydrogen) atoms. The number of aromatic nitrogens is 2. The molecular formula is C29H42ClN5O3S. The number of fused-ring (bicyclic) bond motifs is 4. The van der Waals surface area contributed by atoms with Gasteiger partial charge in [0, 0.05) is 42.9 Å². The fourth-order valence-corrected chi connectivity index (χ4v) is 10.8. The number of amides is 1. The predicted molar refractivity (Wildman–Crippen MR) is 154 cm³/mol. The summed E-state index contributed by atoms with van der Waals surface area (Å²) in [7, 11) is -3.50. The zero-order chi connectivity index (χ0) is 26.8. The highest BCUT2D eigenvalue weighted by molar-refractivity contribution is 7.89. The molecule has 214 valence electrons. The van der Waals surface area contributed by atoms with E-state index in [-0.39, 0.29) is 40.9 Å². The number of nitrogens with two attached hydrogens (primary N) is 1. The molecule has 0 radical (unpaired) electrons. The molecule has 1 aromatic heterocycles. The number of imidazole rings is 1. The highest BCUT2D eigenvalue weighted by Crippen LogP contribution is 2.66. The van der Waals surface area contributed by atoms with E-state index >= 15 is 0 Å². The Morgan fingerprint density at radius 2 is 1.95 bits per heavy atom. The van der Waals surface area contributed by atoms with Gasteiger partial charge in [-0.3, -0.25) is 4.79 Å². The third kappa shape index (κ3) is 4.63. The van der Waals surface area contributed by atoms with E-state index in [2.05, 4.69) is 53.4 Å². The van der Waals surface area contributed by atoms with Gasteiger partial charge in [-0.05, 0) is 72.8 Å². The maximum absolute atomic E-state index is 14.0. The lowest BCUT2D eigenvalue weighted by Crippen LogP contribution is -2.57. The van der Waals surface area contributed by atoms with Crippen LogP contribution in [0.4, 0.5) is 0 Å². The number of aromatic amines is 1. The summed E-state index contributed by atoms with van der Waals surface area (Å²) in [6, 6.07) is 7.79. The van der Waals surface area contributed by atoms with Crippen molar-refractivity contribution in [3.63, 3.8) is 0 Å². The van der Waals surface area contributed by atoms with E-state index in [1.54, 1.807) is 16.8 Å². The third-order valence-corrected chi connectivity index (χ3v) is 13.1. The number of aryl methyl sites for hydroxylation is 1. The molecular weight excluding hydrogens is 534 g/mol. The van der Waals surface area contributed by atoms with Crippen molar-refractivity contribution in [3.05, 3.63) is 53.6 Å². The van der Waals surface area contributed by atoms with E-state index in [0.717, 1.165) is 50.6 Å². The normalized spacial score (nSPS) is 29.6. The van der Waals surface area contributed by atoms with E-state index < -0.39 is 21.5 Å². The average Bonchev–Trinajstić information content (AvgIpc) is 3.62. The van der Waals surface area contributed by atoms with Gasteiger partial charge in [0.15, 0.2) is 0 Å². The molecule has 1 amide bonds. The van der Waals surface area contributed by atoms with Crippen molar-refractivity contribution >= 4 is 28.3 Å². The van der Waals surface area contributed by atoms with Crippen LogP contribution in [0.25, 0.3) is 0 Å². The summed E-state index contributed by atoms with van der Waals surface area (Å²) in [5, 5.41) is 3.21. The Balaban J connectivity index is 0.00000308. The summed E-state index contributed by atoms with van der Waals surface area (Å²) in [4.78, 5) is 20.1. The first kappa shape index (κ1) is 28.6. The Kier molecular flexibility index (Phi) is 7.44. The summed E-state index contributed by atoms with van der Waals surface area (Å²) in [6.07, 6.45) is 10.2. The average molecular weight is 576 g/mol. The Morgan fingerprint density at radius 1 is 1.21 bits per heavy atom. The molecule has 4 N–H and O–H groups in total. The Labute approximate surface area is 238 Å². The minimum atomic E-state index is -3.50. The van der Waals surface area contributed by atoms with Gasteiger partial charge >= 0.3 is 0 Å². The summed E-state index contributed by atoms with van der Waals surface area (Å²) in [5.74, 6) is 0.268. The van der Waals surface area contributed by atoms with Gasteiger partial charge in [-0.15, -0.1) is 12.4 Å². The maximum atomic E-state index is 14.0. The molecule has 2 saturated carbocycles. The monoisotopic (exact) mass is 575 g/mol. The van der Waals surface area contributed by atoms with Gasteiger partial charge in [-0.1, -0.05) is 38.1 Å². The summed E-state index contributed by atoms with van der Waals surface area (Å²) in [5.41, 5.74) is 9.37. The van der Waals surface area contributed by atoms with E-state index in [0.29, 0.717) is 25.4 Å². The van der Waals surface area contributed by atoms with E-state index in [9.17, 15) is 13.2 Å². The van der Waals surface area contributed by atoms with Crippen molar-refractivity contribution in [2.24, 2.45) is 22.5 Å². The van der Waals surface area contributed by atoms with Gasteiger partial charge in [-0.2, -0.15) is 0 Å². The first-order chi connectivity index (χ1) is 18.1. The number of H-pyrrole nitrogens is 1. The molecule has 1 spiro atoms. The van der Waals surface area contributed by atoms with Crippen molar-refractivity contribution in [2.45, 2.75) is 82.7 Å². The highest BCUT2D eigenvalue weighted by atomic mass is 35.5. The zero-order valence-electron chi connectivity index (χ0n) is 23.0. The summed E-state index contributed by atoms with van der Waals surface area (Å²) < 4.78 is 29.8. The van der Waals surface area contributed by atoms with Crippen LogP contribution in [0, 0.1) is 16.7 Å². The second-order valence-electron chi connectivity index (χ2n) is 12.9. The lowest BCUT2D eigenvalue weighted by Gasteiger charge is -2.45. The minimum absolute atomic E-state index is 0. The van der Waals surface area contributed by atoms with Crippen LogP contribution in [-0.2, 0) is 33.1 Å². The SMILES string of the molecule is CC1(C)C2CC[C@@]1(CS(=O)(=O)N1CCC3(CCc4ccccc43)CC1)C(NC(=O)[C@@H](N)Cc1cnc[nH]1)C2.Cl. The minimum Gasteiger partial charge on any atom is -0.351 e. The Bertz CT molecular complexity index is 1310. The molecule has 8 nitrogen and oxygen atoms in total. The number of nitrogens with zero attached hydrogens (tertiary/aromatic N) is 2. The van der Waals surface area contributed by atoms with Crippen LogP contribution < -0.4 is 11.1 Å². The number of halogens is 1. The molecule has 10 heteroatoms. The van der Waals surface area contributed by atoms with Crippen LogP contribution in [-0.4, -0.2) is 59.5 Å². The summed E-state index contributed by atoms with van der Waals surface area (Å²) >= 11 is 0. The van der Waals surface area contributed by atoms with E-state index in [1.165, 1.54) is 11.1 Å². The fraction of sp³-hybridized carbons (Fsp3) is 0.655. The van der Waals surface area contributed by atoms with Crippen molar-refractivity contribution in [3.8, 4) is 0 Å². The fourth-order valence-electron chi connectivity index (χ4n) is 8.52. The quantitative estimate of drug-likeness (QED) is 0.468. The molecule has 1 aromatic carbocycles. The van der Waals surface area contributed by atoms with Crippen LogP contribution in [0.1, 0.15) is 69.2 Å². The molecule has 2 heterocycles. The second kappa shape index (κ2) is 10.2. The lowest BCUT2D eigenvalue weighted by atomic mass is 9.69. The van der Waals surface area contributed by atoms with Crippen molar-refractivity contribution in [1.29, 1.82) is 0 Å². The molecule has 3 fully saturated rings. The van der Waals surface area contributed by atoms with Crippen LogP contribution in [0.2, 0.25) is 0 Å². The first-order valence-electron chi connectivity index (χ1n) is 14.2. The van der Waals surface area contributed by atoms with Crippen LogP contribution in [0.15, 0.2) is 36.8 Å². The van der Waals surface area contributed by atoms with Crippen LogP contribution in [0.3, 0.4) is 0 Å². The Hall–Kier alpha value is -1.94. The largest absolute Gasteiger partial charge is 0.351 e. The smallest absolute Gasteiger partial charge is 0.237 e. The van der Waals surface area contributed by atoms with Gasteiger partial charge in [0.1, 0.15) is 0 Å². The van der Waals surface area contributed by atoms with Crippen molar-refractivity contribution in [1.82, 2.24) is 19.6 Å². The molecule has 4 atom stereocenters. The second-order valence-corrected chi connectivity index (χ2v) is 14.9.